The summed E-state index contributed by atoms with van der Waals surface area (Å²) >= 11 is 5.94. The number of nitrogens with zero attached hydrogens (tertiary/aromatic N) is 3. The molecule has 0 bridgehead atoms. The molecule has 7 heteroatoms. The summed E-state index contributed by atoms with van der Waals surface area (Å²) in [7, 11) is 0. The van der Waals surface area contributed by atoms with E-state index >= 15 is 0 Å². The zero-order valence-electron chi connectivity index (χ0n) is 13.4. The highest BCUT2D eigenvalue weighted by molar-refractivity contribution is 6.34. The molecule has 1 N–H and O–H groups in total. The monoisotopic (exact) mass is 366 g/mol. The van der Waals surface area contributed by atoms with E-state index in [1.807, 2.05) is 24.5 Å². The summed E-state index contributed by atoms with van der Waals surface area (Å²) in [5.74, 6) is -0.699. The topological polar surface area (TPSA) is 59.3 Å². The van der Waals surface area contributed by atoms with Gasteiger partial charge in [0.05, 0.1) is 16.3 Å². The first-order valence-corrected chi connectivity index (χ1v) is 8.15. The number of amides is 1. The van der Waals surface area contributed by atoms with Gasteiger partial charge in [-0.2, -0.15) is 0 Å². The smallest absolute Gasteiger partial charge is 0.260 e. The van der Waals surface area contributed by atoms with E-state index in [1.54, 1.807) is 28.8 Å². The van der Waals surface area contributed by atoms with Crippen LogP contribution in [-0.2, 0) is 0 Å². The number of hydrogen-bond donors (Lipinski definition) is 1. The Morgan fingerprint density at radius 3 is 2.81 bits per heavy atom. The van der Waals surface area contributed by atoms with E-state index in [1.165, 1.54) is 18.2 Å². The third-order valence-electron chi connectivity index (χ3n) is 3.84. The van der Waals surface area contributed by atoms with Crippen molar-refractivity contribution in [3.63, 3.8) is 0 Å². The van der Waals surface area contributed by atoms with Gasteiger partial charge in [-0.3, -0.25) is 9.20 Å². The molecule has 0 fully saturated rings. The van der Waals surface area contributed by atoms with Crippen molar-refractivity contribution in [1.82, 2.24) is 14.4 Å². The predicted octanol–water partition coefficient (Wildman–Crippen LogP) is 4.44. The van der Waals surface area contributed by atoms with Gasteiger partial charge < -0.3 is 5.32 Å². The lowest BCUT2D eigenvalue weighted by Gasteiger charge is -2.08. The molecule has 0 spiro atoms. The molecule has 4 aromatic rings. The van der Waals surface area contributed by atoms with Crippen LogP contribution in [0.2, 0.25) is 5.02 Å². The lowest BCUT2D eigenvalue weighted by molar-refractivity contribution is 0.102. The van der Waals surface area contributed by atoms with Crippen LogP contribution in [0.3, 0.4) is 0 Å². The van der Waals surface area contributed by atoms with Crippen LogP contribution < -0.4 is 5.32 Å². The van der Waals surface area contributed by atoms with E-state index in [0.29, 0.717) is 17.2 Å². The molecule has 26 heavy (non-hydrogen) atoms. The van der Waals surface area contributed by atoms with Gasteiger partial charge in [-0.15, -0.1) is 0 Å². The minimum absolute atomic E-state index is 0.0603. The molecule has 0 aliphatic carbocycles. The number of carbonyl (C=O) groups is 1. The molecular formula is C19H12ClFN4O. The summed E-state index contributed by atoms with van der Waals surface area (Å²) in [5.41, 5.74) is 1.84. The summed E-state index contributed by atoms with van der Waals surface area (Å²) in [4.78, 5) is 21.0. The Hall–Kier alpha value is -3.25. The van der Waals surface area contributed by atoms with Crippen molar-refractivity contribution in [2.75, 3.05) is 5.32 Å². The molecule has 0 unspecified atom stereocenters. The van der Waals surface area contributed by atoms with E-state index < -0.39 is 11.7 Å². The van der Waals surface area contributed by atoms with Crippen LogP contribution in [0.5, 0.6) is 0 Å². The zero-order valence-corrected chi connectivity index (χ0v) is 14.1. The summed E-state index contributed by atoms with van der Waals surface area (Å²) in [6.45, 7) is 0. The Bertz CT molecular complexity index is 1070. The average molecular weight is 367 g/mol. The fraction of sp³-hybridized carbons (Fsp3) is 0. The van der Waals surface area contributed by atoms with Crippen molar-refractivity contribution in [3.05, 3.63) is 83.5 Å². The first kappa shape index (κ1) is 16.2. The highest BCUT2D eigenvalue weighted by Gasteiger charge is 2.16. The fourth-order valence-corrected chi connectivity index (χ4v) is 2.88. The Morgan fingerprint density at radius 2 is 2.00 bits per heavy atom. The van der Waals surface area contributed by atoms with Gasteiger partial charge in [-0.25, -0.2) is 14.4 Å². The van der Waals surface area contributed by atoms with Gasteiger partial charge in [0, 0.05) is 29.8 Å². The Balaban J connectivity index is 1.64. The SMILES string of the molecule is O=C(Nc1cccc(-c2cn3cccnc3n2)c1)c1c(F)cccc1Cl. The normalized spacial score (nSPS) is 10.8. The van der Waals surface area contributed by atoms with Crippen LogP contribution in [0.15, 0.2) is 67.1 Å². The second-order valence-corrected chi connectivity index (χ2v) is 5.99. The van der Waals surface area contributed by atoms with Gasteiger partial charge in [0.2, 0.25) is 5.78 Å². The molecule has 0 atom stereocenters. The van der Waals surface area contributed by atoms with E-state index in [0.717, 1.165) is 5.56 Å². The first-order chi connectivity index (χ1) is 12.6. The average Bonchev–Trinajstić information content (AvgIpc) is 3.06. The molecule has 5 nitrogen and oxygen atoms in total. The van der Waals surface area contributed by atoms with Gasteiger partial charge in [0.15, 0.2) is 0 Å². The molecule has 2 heterocycles. The number of nitrogens with one attached hydrogen (secondary N) is 1. The number of halogens is 2. The summed E-state index contributed by atoms with van der Waals surface area (Å²) in [5, 5.41) is 2.73. The Kier molecular flexibility index (Phi) is 4.10. The van der Waals surface area contributed by atoms with Crippen molar-refractivity contribution >= 4 is 29.0 Å². The standard InChI is InChI=1S/C19H12ClFN4O/c20-14-6-2-7-15(21)17(14)18(26)23-13-5-1-4-12(10-13)16-11-25-9-3-8-22-19(25)24-16/h1-11H,(H,23,26). The van der Waals surface area contributed by atoms with Gasteiger partial charge in [-0.1, -0.05) is 29.8 Å². The quantitative estimate of drug-likeness (QED) is 0.583. The van der Waals surface area contributed by atoms with E-state index in [9.17, 15) is 9.18 Å². The predicted molar refractivity (Wildman–Crippen MR) is 97.8 cm³/mol. The van der Waals surface area contributed by atoms with Crippen molar-refractivity contribution in [3.8, 4) is 11.3 Å². The highest BCUT2D eigenvalue weighted by Crippen LogP contribution is 2.24. The van der Waals surface area contributed by atoms with Crippen molar-refractivity contribution in [1.29, 1.82) is 0 Å². The van der Waals surface area contributed by atoms with Gasteiger partial charge >= 0.3 is 0 Å². The minimum atomic E-state index is -0.669. The van der Waals surface area contributed by atoms with E-state index in [-0.39, 0.29) is 10.6 Å². The van der Waals surface area contributed by atoms with Crippen LogP contribution >= 0.6 is 11.6 Å². The molecule has 0 saturated carbocycles. The minimum Gasteiger partial charge on any atom is -0.322 e. The lowest BCUT2D eigenvalue weighted by atomic mass is 10.1. The maximum Gasteiger partial charge on any atom is 0.260 e. The summed E-state index contributed by atoms with van der Waals surface area (Å²) in [6, 6.07) is 13.1. The number of rotatable bonds is 3. The second kappa shape index (κ2) is 6.57. The van der Waals surface area contributed by atoms with E-state index in [4.69, 9.17) is 11.6 Å². The van der Waals surface area contributed by atoms with Crippen molar-refractivity contribution in [2.45, 2.75) is 0 Å². The van der Waals surface area contributed by atoms with Crippen molar-refractivity contribution in [2.24, 2.45) is 0 Å². The van der Waals surface area contributed by atoms with Gasteiger partial charge in [0.1, 0.15) is 5.82 Å². The van der Waals surface area contributed by atoms with Crippen LogP contribution in [-0.4, -0.2) is 20.3 Å². The molecule has 2 aromatic heterocycles. The number of fused-ring (bicyclic) bond motifs is 1. The number of aromatic nitrogens is 3. The largest absolute Gasteiger partial charge is 0.322 e. The number of imidazole rings is 1. The summed E-state index contributed by atoms with van der Waals surface area (Å²) in [6.07, 6.45) is 5.36. The van der Waals surface area contributed by atoms with Crippen molar-refractivity contribution < 1.29 is 9.18 Å². The molecule has 0 saturated heterocycles. The van der Waals surface area contributed by atoms with Gasteiger partial charge in [-0.05, 0) is 30.3 Å². The second-order valence-electron chi connectivity index (χ2n) is 5.58. The summed E-state index contributed by atoms with van der Waals surface area (Å²) < 4.78 is 15.7. The highest BCUT2D eigenvalue weighted by atomic mass is 35.5. The third-order valence-corrected chi connectivity index (χ3v) is 4.16. The van der Waals surface area contributed by atoms with Crippen LogP contribution in [0, 0.1) is 5.82 Å². The molecule has 0 aliphatic heterocycles. The Labute approximate surface area is 153 Å². The number of hydrogen-bond acceptors (Lipinski definition) is 3. The van der Waals surface area contributed by atoms with E-state index in [2.05, 4.69) is 15.3 Å². The maximum atomic E-state index is 13.9. The number of carbonyl (C=O) groups excluding carboxylic acids is 1. The molecule has 0 radical (unpaired) electrons. The number of anilines is 1. The maximum absolute atomic E-state index is 13.9. The molecule has 4 rings (SSSR count). The lowest BCUT2D eigenvalue weighted by Crippen LogP contribution is -2.14. The first-order valence-electron chi connectivity index (χ1n) is 7.77. The molecule has 128 valence electrons. The van der Waals surface area contributed by atoms with Crippen LogP contribution in [0.1, 0.15) is 10.4 Å². The fourth-order valence-electron chi connectivity index (χ4n) is 2.63. The van der Waals surface area contributed by atoms with Gasteiger partial charge in [0.25, 0.3) is 5.91 Å². The molecule has 2 aromatic carbocycles. The van der Waals surface area contributed by atoms with Crippen LogP contribution in [0.25, 0.3) is 17.0 Å². The Morgan fingerprint density at radius 1 is 1.15 bits per heavy atom. The molecule has 1 amide bonds. The van der Waals surface area contributed by atoms with Crippen LogP contribution in [0.4, 0.5) is 10.1 Å². The number of benzene rings is 2. The zero-order chi connectivity index (χ0) is 18.1. The third kappa shape index (κ3) is 3.02. The molecule has 0 aliphatic rings. The molecular weight excluding hydrogens is 355 g/mol.